The number of nitrogens with one attached hydrogen (secondary N) is 1. The third-order valence-corrected chi connectivity index (χ3v) is 1.79. The van der Waals surface area contributed by atoms with Crippen LogP contribution < -0.4 is 5.32 Å². The second-order valence-corrected chi connectivity index (χ2v) is 2.97. The second-order valence-electron chi connectivity index (χ2n) is 2.53. The molecule has 1 rings (SSSR count). The van der Waals surface area contributed by atoms with Crippen LogP contribution in [0.15, 0.2) is 12.3 Å². The quantitative estimate of drug-likeness (QED) is 0.789. The van der Waals surface area contributed by atoms with E-state index in [0.29, 0.717) is 10.8 Å². The Labute approximate surface area is 91.6 Å². The van der Waals surface area contributed by atoms with Crippen molar-refractivity contribution in [2.45, 2.75) is 0 Å². The van der Waals surface area contributed by atoms with Crippen molar-refractivity contribution in [2.24, 2.45) is 0 Å². The Hall–Kier alpha value is -1.80. The van der Waals surface area contributed by atoms with Gasteiger partial charge in [-0.1, -0.05) is 11.6 Å². The lowest BCUT2D eigenvalue weighted by Crippen LogP contribution is -2.09. The molecule has 1 N–H and O–H groups in total. The lowest BCUT2D eigenvalue weighted by Gasteiger charge is -2.06. The van der Waals surface area contributed by atoms with Crippen LogP contribution in [-0.4, -0.2) is 24.6 Å². The molecule has 5 nitrogen and oxygen atoms in total. The number of nitrogens with zero attached hydrogens (tertiary/aromatic N) is 2. The number of carbonyl (C=O) groups is 1. The largest absolute Gasteiger partial charge is 0.447 e. The fourth-order valence-corrected chi connectivity index (χ4v) is 1.13. The van der Waals surface area contributed by atoms with E-state index < -0.39 is 5.97 Å². The first-order valence-corrected chi connectivity index (χ1v) is 4.44. The fourth-order valence-electron chi connectivity index (χ4n) is 0.970. The van der Waals surface area contributed by atoms with Gasteiger partial charge in [0.25, 0.3) is 0 Å². The van der Waals surface area contributed by atoms with Crippen LogP contribution in [0.25, 0.3) is 0 Å². The highest BCUT2D eigenvalue weighted by Gasteiger charge is 2.13. The zero-order valence-corrected chi connectivity index (χ0v) is 8.71. The molecule has 0 saturated carbocycles. The number of aromatic nitrogens is 1. The van der Waals surface area contributed by atoms with Crippen LogP contribution in [-0.2, 0) is 4.74 Å². The summed E-state index contributed by atoms with van der Waals surface area (Å²) >= 11 is 5.69. The van der Waals surface area contributed by atoms with Crippen LogP contribution in [0.1, 0.15) is 10.4 Å². The van der Waals surface area contributed by atoms with Gasteiger partial charge in [-0.2, -0.15) is 5.26 Å². The Morgan fingerprint density at radius 1 is 1.80 bits per heavy atom. The number of esters is 1. The molecule has 0 aliphatic rings. The molecule has 1 aromatic heterocycles. The maximum atomic E-state index is 11.4. The van der Waals surface area contributed by atoms with Gasteiger partial charge in [0, 0.05) is 13.2 Å². The molecule has 0 bridgehead atoms. The van der Waals surface area contributed by atoms with E-state index >= 15 is 0 Å². The number of carbonyl (C=O) groups excluding carboxylic acids is 1. The highest BCUT2D eigenvalue weighted by atomic mass is 35.5. The molecule has 0 amide bonds. The van der Waals surface area contributed by atoms with Crippen molar-refractivity contribution in [3.63, 3.8) is 0 Å². The van der Waals surface area contributed by atoms with Crippen LogP contribution >= 0.6 is 11.6 Å². The third kappa shape index (κ3) is 2.82. The highest BCUT2D eigenvalue weighted by molar-refractivity contribution is 6.30. The van der Waals surface area contributed by atoms with E-state index in [1.165, 1.54) is 12.3 Å². The Balaban J connectivity index is 2.96. The number of hydrogen-bond donors (Lipinski definition) is 1. The second kappa shape index (κ2) is 5.17. The molecule has 6 heteroatoms. The Morgan fingerprint density at radius 2 is 2.53 bits per heavy atom. The van der Waals surface area contributed by atoms with Gasteiger partial charge in [-0.15, -0.1) is 0 Å². The Bertz CT molecular complexity index is 414. The molecule has 0 fully saturated rings. The molecule has 0 spiro atoms. The molecule has 0 aliphatic heterocycles. The third-order valence-electron chi connectivity index (χ3n) is 1.58. The molecular weight excluding hydrogens is 218 g/mol. The average Bonchev–Trinajstić information content (AvgIpc) is 2.25. The van der Waals surface area contributed by atoms with Gasteiger partial charge in [0.1, 0.15) is 17.5 Å². The summed E-state index contributed by atoms with van der Waals surface area (Å²) in [4.78, 5) is 15.3. The lowest BCUT2D eigenvalue weighted by molar-refractivity contribution is 0.0556. The first-order chi connectivity index (χ1) is 7.19. The molecular formula is C9H8ClN3O2. The van der Waals surface area contributed by atoms with Gasteiger partial charge in [-0.05, 0) is 6.07 Å². The minimum absolute atomic E-state index is 0.209. The molecule has 15 heavy (non-hydrogen) atoms. The number of pyridine rings is 1. The molecule has 0 unspecified atom stereocenters. The summed E-state index contributed by atoms with van der Waals surface area (Å²) in [5.74, 6) is -0.266. The standard InChI is InChI=1S/C9H8ClN3O2/c1-12-8-7(4-6(10)5-13-8)9(14)15-3-2-11/h4-5H,3H2,1H3,(H,12,13). The summed E-state index contributed by atoms with van der Waals surface area (Å²) in [5.41, 5.74) is 0.209. The van der Waals surface area contributed by atoms with Gasteiger partial charge < -0.3 is 10.1 Å². The van der Waals surface area contributed by atoms with Crippen LogP contribution in [0.3, 0.4) is 0 Å². The Morgan fingerprint density at radius 3 is 3.13 bits per heavy atom. The summed E-state index contributed by atoms with van der Waals surface area (Å²) in [6.07, 6.45) is 1.41. The molecule has 1 heterocycles. The molecule has 1 aromatic rings. The Kier molecular flexibility index (Phi) is 3.89. The van der Waals surface area contributed by atoms with Crippen molar-refractivity contribution in [2.75, 3.05) is 19.0 Å². The van der Waals surface area contributed by atoms with Gasteiger partial charge in [0.15, 0.2) is 6.61 Å². The minimum Gasteiger partial charge on any atom is -0.447 e. The first-order valence-electron chi connectivity index (χ1n) is 4.06. The zero-order valence-electron chi connectivity index (χ0n) is 7.95. The lowest BCUT2D eigenvalue weighted by atomic mass is 10.2. The zero-order chi connectivity index (χ0) is 11.3. The van der Waals surface area contributed by atoms with E-state index in [9.17, 15) is 4.79 Å². The normalized spacial score (nSPS) is 9.13. The van der Waals surface area contributed by atoms with Crippen LogP contribution in [0.4, 0.5) is 5.82 Å². The van der Waals surface area contributed by atoms with E-state index in [4.69, 9.17) is 16.9 Å². The number of halogens is 1. The van der Waals surface area contributed by atoms with Crippen molar-refractivity contribution in [3.05, 3.63) is 22.8 Å². The molecule has 78 valence electrons. The highest BCUT2D eigenvalue weighted by Crippen LogP contribution is 2.17. The molecule has 0 aromatic carbocycles. The van der Waals surface area contributed by atoms with E-state index in [1.807, 2.05) is 0 Å². The van der Waals surface area contributed by atoms with Gasteiger partial charge in [0.05, 0.1) is 5.02 Å². The maximum Gasteiger partial charge on any atom is 0.342 e. The fraction of sp³-hybridized carbons (Fsp3) is 0.222. The number of anilines is 1. The summed E-state index contributed by atoms with van der Waals surface area (Å²) < 4.78 is 4.64. The molecule has 0 aliphatic carbocycles. The number of ether oxygens (including phenoxy) is 1. The summed E-state index contributed by atoms with van der Waals surface area (Å²) in [6, 6.07) is 3.13. The number of nitriles is 1. The van der Waals surface area contributed by atoms with Crippen LogP contribution in [0, 0.1) is 11.3 Å². The molecule has 0 saturated heterocycles. The van der Waals surface area contributed by atoms with Crippen LogP contribution in [0.5, 0.6) is 0 Å². The monoisotopic (exact) mass is 225 g/mol. The van der Waals surface area contributed by atoms with Crippen molar-refractivity contribution in [1.29, 1.82) is 5.26 Å². The summed E-state index contributed by atoms with van der Waals surface area (Å²) in [6.45, 7) is -0.297. The smallest absolute Gasteiger partial charge is 0.342 e. The maximum absolute atomic E-state index is 11.4. The van der Waals surface area contributed by atoms with Crippen molar-refractivity contribution >= 4 is 23.4 Å². The first kappa shape index (κ1) is 11.3. The predicted octanol–water partition coefficient (Wildman–Crippen LogP) is 1.46. The van der Waals surface area contributed by atoms with E-state index in [2.05, 4.69) is 15.0 Å². The van der Waals surface area contributed by atoms with Crippen LogP contribution in [0.2, 0.25) is 5.02 Å². The number of rotatable bonds is 3. The summed E-state index contributed by atoms with van der Waals surface area (Å²) in [5, 5.41) is 11.3. The average molecular weight is 226 g/mol. The minimum atomic E-state index is -0.629. The molecule has 0 atom stereocenters. The number of hydrogen-bond acceptors (Lipinski definition) is 5. The SMILES string of the molecule is CNc1ncc(Cl)cc1C(=O)OCC#N. The van der Waals surface area contributed by atoms with Gasteiger partial charge >= 0.3 is 5.97 Å². The van der Waals surface area contributed by atoms with Crippen molar-refractivity contribution in [3.8, 4) is 6.07 Å². The molecule has 0 radical (unpaired) electrons. The van der Waals surface area contributed by atoms with E-state index in [0.717, 1.165) is 0 Å². The van der Waals surface area contributed by atoms with E-state index in [-0.39, 0.29) is 12.2 Å². The van der Waals surface area contributed by atoms with Crippen molar-refractivity contribution < 1.29 is 9.53 Å². The van der Waals surface area contributed by atoms with Gasteiger partial charge in [0.2, 0.25) is 0 Å². The topological polar surface area (TPSA) is 75.0 Å². The summed E-state index contributed by atoms with van der Waals surface area (Å²) in [7, 11) is 1.62. The predicted molar refractivity (Wildman–Crippen MR) is 54.7 cm³/mol. The van der Waals surface area contributed by atoms with Gasteiger partial charge in [-0.25, -0.2) is 9.78 Å². The van der Waals surface area contributed by atoms with Gasteiger partial charge in [-0.3, -0.25) is 0 Å². The van der Waals surface area contributed by atoms with Crippen molar-refractivity contribution in [1.82, 2.24) is 4.98 Å². The van der Waals surface area contributed by atoms with E-state index in [1.54, 1.807) is 13.1 Å².